The Hall–Kier alpha value is -4.28. The van der Waals surface area contributed by atoms with E-state index >= 15 is 0 Å². The third-order valence-corrected chi connectivity index (χ3v) is 7.79. The average Bonchev–Trinajstić information content (AvgIpc) is 3.23. The van der Waals surface area contributed by atoms with E-state index in [1.54, 1.807) is 41.3 Å². The summed E-state index contributed by atoms with van der Waals surface area (Å²) in [5.41, 5.74) is 3.38. The highest BCUT2D eigenvalue weighted by Crippen LogP contribution is 2.39. The van der Waals surface area contributed by atoms with E-state index in [9.17, 15) is 19.2 Å². The maximum atomic E-state index is 13.1. The van der Waals surface area contributed by atoms with E-state index in [2.05, 4.69) is 5.32 Å². The molecule has 5 rings (SSSR count). The van der Waals surface area contributed by atoms with Crippen molar-refractivity contribution in [1.82, 2.24) is 9.80 Å². The lowest BCUT2D eigenvalue weighted by atomic mass is 10.00. The van der Waals surface area contributed by atoms with Crippen molar-refractivity contribution >= 4 is 58.1 Å². The van der Waals surface area contributed by atoms with Gasteiger partial charge in [-0.2, -0.15) is 0 Å². The largest absolute Gasteiger partial charge is 0.493 e. The van der Waals surface area contributed by atoms with Crippen molar-refractivity contribution in [2.45, 2.75) is 13.0 Å². The maximum absolute atomic E-state index is 13.1. The summed E-state index contributed by atoms with van der Waals surface area (Å²) in [6.07, 6.45) is 2.23. The predicted molar refractivity (Wildman–Crippen MR) is 157 cm³/mol. The molecule has 210 valence electrons. The molecule has 1 fully saturated rings. The second-order valence-corrected chi connectivity index (χ2v) is 10.7. The number of rotatable bonds is 8. The summed E-state index contributed by atoms with van der Waals surface area (Å²) in [4.78, 5) is 53.8. The molecule has 0 radical (unpaired) electrons. The zero-order chi connectivity index (χ0) is 28.9. The summed E-state index contributed by atoms with van der Waals surface area (Å²) in [5.74, 6) is -0.813. The first-order valence-electron chi connectivity index (χ1n) is 12.8. The van der Waals surface area contributed by atoms with E-state index in [0.29, 0.717) is 24.3 Å². The molecule has 0 unspecified atom stereocenters. The fourth-order valence-electron chi connectivity index (χ4n) is 4.55. The minimum atomic E-state index is -0.557. The van der Waals surface area contributed by atoms with Crippen molar-refractivity contribution in [2.24, 2.45) is 0 Å². The number of imide groups is 1. The maximum Gasteiger partial charge on any atom is 0.294 e. The summed E-state index contributed by atoms with van der Waals surface area (Å²) >= 11 is 7.19. The number of nitrogens with zero attached hydrogens (tertiary/aromatic N) is 2. The number of halogens is 1. The Labute approximate surface area is 246 Å². The van der Waals surface area contributed by atoms with Gasteiger partial charge in [0, 0.05) is 18.8 Å². The number of para-hydroxylation sites is 1. The molecule has 0 bridgehead atoms. The van der Waals surface area contributed by atoms with Crippen LogP contribution < -0.4 is 14.8 Å². The van der Waals surface area contributed by atoms with Crippen LogP contribution in [0.25, 0.3) is 6.08 Å². The number of hydrogen-bond acceptors (Lipinski definition) is 7. The van der Waals surface area contributed by atoms with Gasteiger partial charge in [-0.1, -0.05) is 54.1 Å². The van der Waals surface area contributed by atoms with Gasteiger partial charge in [-0.05, 0) is 65.2 Å². The quantitative estimate of drug-likeness (QED) is 0.368. The van der Waals surface area contributed by atoms with Crippen molar-refractivity contribution in [2.75, 3.05) is 32.1 Å². The number of nitrogens with one attached hydrogen (secondary N) is 1. The van der Waals surface area contributed by atoms with Crippen molar-refractivity contribution in [3.8, 4) is 11.5 Å². The summed E-state index contributed by atoms with van der Waals surface area (Å²) in [6, 6.07) is 20.0. The van der Waals surface area contributed by atoms with Crippen molar-refractivity contribution in [1.29, 1.82) is 0 Å². The summed E-state index contributed by atoms with van der Waals surface area (Å²) in [7, 11) is 1.42. The van der Waals surface area contributed by atoms with Crippen LogP contribution in [0, 0.1) is 0 Å². The van der Waals surface area contributed by atoms with Gasteiger partial charge in [-0.15, -0.1) is 0 Å². The first kappa shape index (κ1) is 28.3. The molecule has 0 spiro atoms. The SMILES string of the molecule is COc1cc(/C=C2\SC(=O)N(CC(=O)N3CCc4ccccc4C3)C2=O)cc(Cl)c1OCC(=O)Nc1ccccc1. The molecule has 2 aliphatic rings. The van der Waals surface area contributed by atoms with Gasteiger partial charge in [-0.25, -0.2) is 0 Å². The van der Waals surface area contributed by atoms with E-state index in [1.807, 2.05) is 30.3 Å². The second kappa shape index (κ2) is 12.5. The van der Waals surface area contributed by atoms with Crippen molar-refractivity contribution in [3.05, 3.63) is 93.3 Å². The monoisotopic (exact) mass is 591 g/mol. The molecule has 4 amide bonds. The van der Waals surface area contributed by atoms with E-state index in [-0.39, 0.29) is 46.4 Å². The second-order valence-electron chi connectivity index (χ2n) is 9.34. The number of ether oxygens (including phenoxy) is 2. The molecule has 3 aromatic carbocycles. The third kappa shape index (κ3) is 6.55. The number of carbonyl (C=O) groups is 4. The molecular formula is C30H26ClN3O6S. The van der Waals surface area contributed by atoms with Crippen LogP contribution in [0.4, 0.5) is 10.5 Å². The highest BCUT2D eigenvalue weighted by atomic mass is 35.5. The molecule has 2 aliphatic heterocycles. The number of methoxy groups -OCH3 is 1. The Balaban J connectivity index is 1.24. The fraction of sp³-hybridized carbons (Fsp3) is 0.200. The van der Waals surface area contributed by atoms with Crippen LogP contribution in [0.1, 0.15) is 16.7 Å². The highest BCUT2D eigenvalue weighted by Gasteiger charge is 2.37. The smallest absolute Gasteiger partial charge is 0.294 e. The number of anilines is 1. The third-order valence-electron chi connectivity index (χ3n) is 6.61. The van der Waals surface area contributed by atoms with Crippen LogP contribution in [-0.2, 0) is 27.3 Å². The molecule has 0 saturated carbocycles. The van der Waals surface area contributed by atoms with Crippen molar-refractivity contribution < 1.29 is 28.7 Å². The molecule has 9 nitrogen and oxygen atoms in total. The van der Waals surface area contributed by atoms with Crippen LogP contribution >= 0.6 is 23.4 Å². The van der Waals surface area contributed by atoms with E-state index in [0.717, 1.165) is 28.6 Å². The summed E-state index contributed by atoms with van der Waals surface area (Å²) in [6.45, 7) is 0.343. The number of amides is 4. The zero-order valence-corrected chi connectivity index (χ0v) is 23.7. The number of benzene rings is 3. The van der Waals surface area contributed by atoms with Gasteiger partial charge in [0.2, 0.25) is 5.91 Å². The molecule has 3 aromatic rings. The standard InChI is InChI=1S/C30H26ClN3O6S/c1-39-24-14-19(13-23(31)28(24)40-18-26(35)32-22-9-3-2-4-10-22)15-25-29(37)34(30(38)41-25)17-27(36)33-12-11-20-7-5-6-8-21(20)16-33/h2-10,13-15H,11-12,16-18H2,1H3,(H,32,35)/b25-15-. The van der Waals surface area contributed by atoms with Crippen LogP contribution in [-0.4, -0.2) is 59.6 Å². The van der Waals surface area contributed by atoms with Gasteiger partial charge in [0.15, 0.2) is 18.1 Å². The molecule has 1 saturated heterocycles. The van der Waals surface area contributed by atoms with Gasteiger partial charge in [0.25, 0.3) is 17.1 Å². The lowest BCUT2D eigenvalue weighted by molar-refractivity contribution is -0.136. The molecular weight excluding hydrogens is 566 g/mol. The minimum Gasteiger partial charge on any atom is -0.493 e. The van der Waals surface area contributed by atoms with E-state index < -0.39 is 11.1 Å². The Morgan fingerprint density at radius 1 is 1.05 bits per heavy atom. The zero-order valence-electron chi connectivity index (χ0n) is 22.1. The lowest BCUT2D eigenvalue weighted by Gasteiger charge is -2.29. The highest BCUT2D eigenvalue weighted by molar-refractivity contribution is 8.18. The van der Waals surface area contributed by atoms with Crippen molar-refractivity contribution in [3.63, 3.8) is 0 Å². The average molecular weight is 592 g/mol. The van der Waals surface area contributed by atoms with E-state index in [1.165, 1.54) is 18.7 Å². The minimum absolute atomic E-state index is 0.154. The normalized spacial score (nSPS) is 15.6. The lowest BCUT2D eigenvalue weighted by Crippen LogP contribution is -2.44. The van der Waals surface area contributed by atoms with E-state index in [4.69, 9.17) is 21.1 Å². The molecule has 1 N–H and O–H groups in total. The fourth-order valence-corrected chi connectivity index (χ4v) is 5.66. The predicted octanol–water partition coefficient (Wildman–Crippen LogP) is 4.99. The Morgan fingerprint density at radius 2 is 1.78 bits per heavy atom. The topological polar surface area (TPSA) is 105 Å². The van der Waals surface area contributed by atoms with Gasteiger partial charge >= 0.3 is 0 Å². The molecule has 11 heteroatoms. The van der Waals surface area contributed by atoms with Crippen LogP contribution in [0.3, 0.4) is 0 Å². The van der Waals surface area contributed by atoms with Crippen LogP contribution in [0.15, 0.2) is 71.6 Å². The van der Waals surface area contributed by atoms with Gasteiger partial charge < -0.3 is 19.7 Å². The molecule has 0 atom stereocenters. The van der Waals surface area contributed by atoms with Gasteiger partial charge in [0.05, 0.1) is 17.0 Å². The van der Waals surface area contributed by atoms with Gasteiger partial charge in [-0.3, -0.25) is 24.1 Å². The molecule has 0 aliphatic carbocycles. The first-order chi connectivity index (χ1) is 19.8. The Bertz CT molecular complexity index is 1540. The first-order valence-corrected chi connectivity index (χ1v) is 14.0. The summed E-state index contributed by atoms with van der Waals surface area (Å²) < 4.78 is 11.0. The molecule has 41 heavy (non-hydrogen) atoms. The number of fused-ring (bicyclic) bond motifs is 1. The number of hydrogen-bond donors (Lipinski definition) is 1. The van der Waals surface area contributed by atoms with Crippen LogP contribution in [0.2, 0.25) is 5.02 Å². The summed E-state index contributed by atoms with van der Waals surface area (Å²) in [5, 5.41) is 2.36. The number of thioether (sulfide) groups is 1. The Kier molecular flexibility index (Phi) is 8.61. The van der Waals surface area contributed by atoms with Gasteiger partial charge in [0.1, 0.15) is 6.54 Å². The van der Waals surface area contributed by atoms with Crippen LogP contribution in [0.5, 0.6) is 11.5 Å². The molecule has 2 heterocycles. The molecule has 0 aromatic heterocycles. The number of carbonyl (C=O) groups excluding carboxylic acids is 4. The Morgan fingerprint density at radius 3 is 2.54 bits per heavy atom.